The topological polar surface area (TPSA) is 90.5 Å². The Kier molecular flexibility index (Phi) is 6.23. The van der Waals surface area contributed by atoms with E-state index in [-0.39, 0.29) is 17.7 Å². The van der Waals surface area contributed by atoms with Crippen LogP contribution in [0, 0.1) is 5.92 Å². The molecule has 7 heteroatoms. The molecule has 162 valence electrons. The van der Waals surface area contributed by atoms with Crippen LogP contribution >= 0.6 is 0 Å². The van der Waals surface area contributed by atoms with Crippen LogP contribution in [0.25, 0.3) is 22.0 Å². The van der Waals surface area contributed by atoms with Gasteiger partial charge in [-0.05, 0) is 68.2 Å². The summed E-state index contributed by atoms with van der Waals surface area (Å²) in [6.45, 7) is 1.35. The summed E-state index contributed by atoms with van der Waals surface area (Å²) >= 11 is 0. The molecule has 1 heterocycles. The van der Waals surface area contributed by atoms with E-state index in [4.69, 9.17) is 4.74 Å². The number of phenolic OH excluding ortho intramolecular Hbond substituents is 1. The highest BCUT2D eigenvalue weighted by atomic mass is 16.5. The second-order valence-electron chi connectivity index (χ2n) is 8.37. The molecule has 1 amide bonds. The van der Waals surface area contributed by atoms with Crippen molar-refractivity contribution in [1.82, 2.24) is 20.4 Å². The number of amides is 1. The first-order valence-corrected chi connectivity index (χ1v) is 10.5. The fourth-order valence-electron chi connectivity index (χ4n) is 3.78. The summed E-state index contributed by atoms with van der Waals surface area (Å²) in [5.41, 5.74) is 2.90. The summed E-state index contributed by atoms with van der Waals surface area (Å²) < 4.78 is 6.17. The van der Waals surface area contributed by atoms with Gasteiger partial charge < -0.3 is 20.1 Å². The van der Waals surface area contributed by atoms with E-state index in [2.05, 4.69) is 15.5 Å². The minimum Gasteiger partial charge on any atom is -0.508 e. The van der Waals surface area contributed by atoms with Crippen molar-refractivity contribution in [3.05, 3.63) is 54.7 Å². The third-order valence-corrected chi connectivity index (χ3v) is 5.52. The van der Waals surface area contributed by atoms with E-state index in [0.29, 0.717) is 12.5 Å². The number of aromatic amines is 1. The maximum Gasteiger partial charge on any atom is 0.243 e. The summed E-state index contributed by atoms with van der Waals surface area (Å²) in [5.74, 6) is 1.40. The lowest BCUT2D eigenvalue weighted by Gasteiger charge is -2.35. The smallest absolute Gasteiger partial charge is 0.243 e. The lowest BCUT2D eigenvalue weighted by molar-refractivity contribution is -0.118. The average molecular weight is 421 g/mol. The van der Waals surface area contributed by atoms with Gasteiger partial charge in [0, 0.05) is 18.7 Å². The van der Waals surface area contributed by atoms with Crippen LogP contribution in [0.2, 0.25) is 0 Å². The Bertz CT molecular complexity index is 1070. The Morgan fingerprint density at radius 3 is 2.77 bits per heavy atom. The molecular weight excluding hydrogens is 392 g/mol. The number of H-pyrrole nitrogens is 1. The minimum atomic E-state index is -0.0343. The van der Waals surface area contributed by atoms with Crippen molar-refractivity contribution < 1.29 is 14.6 Å². The predicted molar refractivity (Wildman–Crippen MR) is 121 cm³/mol. The Morgan fingerprint density at radius 2 is 2.03 bits per heavy atom. The van der Waals surface area contributed by atoms with Crippen molar-refractivity contribution in [2.24, 2.45) is 5.92 Å². The summed E-state index contributed by atoms with van der Waals surface area (Å²) in [4.78, 5) is 14.0. The molecule has 4 rings (SSSR count). The van der Waals surface area contributed by atoms with Gasteiger partial charge in [-0.2, -0.15) is 5.10 Å². The maximum absolute atomic E-state index is 12.0. The second-order valence-corrected chi connectivity index (χ2v) is 8.37. The predicted octanol–water partition coefficient (Wildman–Crippen LogP) is 3.33. The van der Waals surface area contributed by atoms with Crippen molar-refractivity contribution in [2.75, 3.05) is 27.2 Å². The average Bonchev–Trinajstić information content (AvgIpc) is 3.18. The number of fused-ring (bicyclic) bond motifs is 1. The fourth-order valence-corrected chi connectivity index (χ4v) is 3.78. The molecule has 0 atom stereocenters. The van der Waals surface area contributed by atoms with Gasteiger partial charge in [0.1, 0.15) is 11.5 Å². The molecule has 1 aliphatic carbocycles. The largest absolute Gasteiger partial charge is 0.508 e. The number of carbonyl (C=O) groups excluding carboxylic acids is 1. The summed E-state index contributed by atoms with van der Waals surface area (Å²) in [6.07, 6.45) is 7.08. The van der Waals surface area contributed by atoms with Gasteiger partial charge in [0.25, 0.3) is 0 Å². The monoisotopic (exact) mass is 420 g/mol. The SMILES string of the molecule is CN(C)C/C=C/C(=O)NC1CC(COc2cc(-c3ccc(O)cc3)cc3[nH]ncc23)C1. The lowest BCUT2D eigenvalue weighted by Crippen LogP contribution is -2.45. The van der Waals surface area contributed by atoms with Crippen LogP contribution in [0.1, 0.15) is 12.8 Å². The van der Waals surface area contributed by atoms with Gasteiger partial charge in [0.15, 0.2) is 0 Å². The number of rotatable bonds is 8. The first-order valence-electron chi connectivity index (χ1n) is 10.5. The molecular formula is C24H28N4O3. The van der Waals surface area contributed by atoms with Crippen molar-refractivity contribution in [2.45, 2.75) is 18.9 Å². The Labute approximate surface area is 181 Å². The van der Waals surface area contributed by atoms with Crippen LogP contribution in [-0.4, -0.2) is 59.4 Å². The third kappa shape index (κ3) is 5.24. The number of hydrogen-bond donors (Lipinski definition) is 3. The van der Waals surface area contributed by atoms with E-state index in [9.17, 15) is 9.90 Å². The molecule has 0 saturated heterocycles. The van der Waals surface area contributed by atoms with Crippen molar-refractivity contribution in [1.29, 1.82) is 0 Å². The molecule has 0 bridgehead atoms. The number of carbonyl (C=O) groups is 1. The zero-order valence-electron chi connectivity index (χ0n) is 17.8. The number of phenols is 1. The molecule has 0 spiro atoms. The number of nitrogens with one attached hydrogen (secondary N) is 2. The number of aromatic hydroxyl groups is 1. The van der Waals surface area contributed by atoms with Gasteiger partial charge in [-0.3, -0.25) is 9.89 Å². The number of nitrogens with zero attached hydrogens (tertiary/aromatic N) is 2. The molecule has 1 saturated carbocycles. The van der Waals surface area contributed by atoms with Gasteiger partial charge in [0.2, 0.25) is 5.91 Å². The molecule has 0 unspecified atom stereocenters. The quantitative estimate of drug-likeness (QED) is 0.487. The number of ether oxygens (including phenoxy) is 1. The number of benzene rings is 2. The molecule has 2 aromatic carbocycles. The number of likely N-dealkylation sites (N-methyl/N-ethyl adjacent to an activating group) is 1. The van der Waals surface area contributed by atoms with Crippen molar-refractivity contribution in [3.8, 4) is 22.6 Å². The van der Waals surface area contributed by atoms with E-state index in [1.54, 1.807) is 24.4 Å². The summed E-state index contributed by atoms with van der Waals surface area (Å²) in [7, 11) is 3.94. The van der Waals surface area contributed by atoms with Gasteiger partial charge in [0.05, 0.1) is 23.7 Å². The molecule has 3 aromatic rings. The Balaban J connectivity index is 1.34. The minimum absolute atomic E-state index is 0.0343. The molecule has 1 aromatic heterocycles. The normalized spacial score (nSPS) is 18.4. The van der Waals surface area contributed by atoms with Crippen LogP contribution in [0.3, 0.4) is 0 Å². The highest BCUT2D eigenvalue weighted by Crippen LogP contribution is 2.34. The molecule has 31 heavy (non-hydrogen) atoms. The Morgan fingerprint density at radius 1 is 1.26 bits per heavy atom. The van der Waals surface area contributed by atoms with Crippen LogP contribution in [-0.2, 0) is 4.79 Å². The van der Waals surface area contributed by atoms with Crippen LogP contribution in [0.15, 0.2) is 54.7 Å². The van der Waals surface area contributed by atoms with E-state index in [1.165, 1.54) is 0 Å². The molecule has 1 aliphatic rings. The maximum atomic E-state index is 12.0. The van der Waals surface area contributed by atoms with E-state index in [0.717, 1.165) is 47.2 Å². The zero-order chi connectivity index (χ0) is 21.8. The number of aromatic nitrogens is 2. The zero-order valence-corrected chi connectivity index (χ0v) is 17.8. The van der Waals surface area contributed by atoms with Crippen LogP contribution < -0.4 is 10.1 Å². The van der Waals surface area contributed by atoms with Crippen molar-refractivity contribution >= 4 is 16.8 Å². The Hall–Kier alpha value is -3.32. The second kappa shape index (κ2) is 9.22. The van der Waals surface area contributed by atoms with Crippen molar-refractivity contribution in [3.63, 3.8) is 0 Å². The van der Waals surface area contributed by atoms with Gasteiger partial charge in [-0.1, -0.05) is 18.2 Å². The fraction of sp³-hybridized carbons (Fsp3) is 0.333. The molecule has 7 nitrogen and oxygen atoms in total. The first-order chi connectivity index (χ1) is 15.0. The van der Waals surface area contributed by atoms with Crippen LogP contribution in [0.5, 0.6) is 11.5 Å². The molecule has 0 radical (unpaired) electrons. The highest BCUT2D eigenvalue weighted by Gasteiger charge is 2.30. The molecule has 3 N–H and O–H groups in total. The third-order valence-electron chi connectivity index (χ3n) is 5.52. The molecule has 1 fully saturated rings. The summed E-state index contributed by atoms with van der Waals surface area (Å²) in [6, 6.07) is 11.4. The van der Waals surface area contributed by atoms with Gasteiger partial charge in [-0.15, -0.1) is 0 Å². The first kappa shape index (κ1) is 20.9. The van der Waals surface area contributed by atoms with Crippen LogP contribution in [0.4, 0.5) is 0 Å². The lowest BCUT2D eigenvalue weighted by atomic mass is 9.81. The van der Waals surface area contributed by atoms with E-state index >= 15 is 0 Å². The molecule has 0 aliphatic heterocycles. The van der Waals surface area contributed by atoms with E-state index < -0.39 is 0 Å². The standard InChI is InChI=1S/C24H28N4O3/c1-28(2)9-3-4-24(30)26-19-10-16(11-19)15-31-23-13-18(12-22-21(23)14-25-27-22)17-5-7-20(29)8-6-17/h3-8,12-14,16,19,29H,9-11,15H2,1-2H3,(H,25,27)(H,26,30)/b4-3+. The highest BCUT2D eigenvalue weighted by molar-refractivity contribution is 5.90. The summed E-state index contributed by atoms with van der Waals surface area (Å²) in [5, 5.41) is 20.7. The number of hydrogen-bond acceptors (Lipinski definition) is 5. The van der Waals surface area contributed by atoms with Gasteiger partial charge in [-0.25, -0.2) is 0 Å². The van der Waals surface area contributed by atoms with E-state index in [1.807, 2.05) is 49.3 Å². The van der Waals surface area contributed by atoms with Gasteiger partial charge >= 0.3 is 0 Å².